The Kier molecular flexibility index (Phi) is 7.48. The van der Waals surface area contributed by atoms with Gasteiger partial charge in [0.1, 0.15) is 18.5 Å². The van der Waals surface area contributed by atoms with Crippen molar-refractivity contribution in [2.75, 3.05) is 6.61 Å². The number of rotatable bonds is 9. The molecule has 2 aromatic rings. The van der Waals surface area contributed by atoms with Crippen molar-refractivity contribution in [3.8, 4) is 0 Å². The molecular formula is C23H34N4O3. The molecule has 0 aliphatic carbocycles. The van der Waals surface area contributed by atoms with Crippen LogP contribution in [-0.2, 0) is 27.4 Å². The van der Waals surface area contributed by atoms with Crippen LogP contribution >= 0.6 is 0 Å². The Labute approximate surface area is 178 Å². The molecule has 1 aliphatic rings. The summed E-state index contributed by atoms with van der Waals surface area (Å²) in [6.45, 7) is 9.51. The van der Waals surface area contributed by atoms with Crippen molar-refractivity contribution in [2.45, 2.75) is 84.7 Å². The monoisotopic (exact) mass is 414 g/mol. The third-order valence-electron chi connectivity index (χ3n) is 6.09. The minimum atomic E-state index is -0.379. The zero-order chi connectivity index (χ0) is 21.7. The summed E-state index contributed by atoms with van der Waals surface area (Å²) < 4.78 is 7.40. The number of aromatic nitrogens is 2. The van der Waals surface area contributed by atoms with E-state index in [-0.39, 0.29) is 43.1 Å². The number of hydrogen-bond acceptors (Lipinski definition) is 4. The van der Waals surface area contributed by atoms with E-state index in [0.717, 1.165) is 36.7 Å². The van der Waals surface area contributed by atoms with Crippen LogP contribution in [0.2, 0.25) is 0 Å². The highest BCUT2D eigenvalue weighted by Crippen LogP contribution is 2.19. The van der Waals surface area contributed by atoms with Crippen molar-refractivity contribution >= 4 is 22.8 Å². The maximum absolute atomic E-state index is 13.3. The predicted octanol–water partition coefficient (Wildman–Crippen LogP) is 3.26. The van der Waals surface area contributed by atoms with Gasteiger partial charge in [0.15, 0.2) is 0 Å². The van der Waals surface area contributed by atoms with Crippen LogP contribution in [0, 0.1) is 0 Å². The molecule has 3 atom stereocenters. The number of hydrogen-bond donors (Lipinski definition) is 1. The maximum Gasteiger partial charge on any atom is 0.249 e. The Hall–Kier alpha value is -2.41. The third kappa shape index (κ3) is 4.83. The van der Waals surface area contributed by atoms with E-state index in [2.05, 4.69) is 33.0 Å². The molecule has 0 bridgehead atoms. The first-order valence-corrected chi connectivity index (χ1v) is 11.1. The average Bonchev–Trinajstić information content (AvgIpc) is 3.40. The first kappa shape index (κ1) is 22.3. The first-order valence-electron chi connectivity index (χ1n) is 11.1. The molecule has 0 spiro atoms. The molecule has 1 aromatic carbocycles. The molecule has 2 amide bonds. The van der Waals surface area contributed by atoms with Gasteiger partial charge in [0.05, 0.1) is 17.6 Å². The highest BCUT2D eigenvalue weighted by atomic mass is 16.5. The minimum absolute atomic E-state index is 0.0774. The molecule has 0 radical (unpaired) electrons. The van der Waals surface area contributed by atoms with Gasteiger partial charge in [0.25, 0.3) is 0 Å². The first-order chi connectivity index (χ1) is 14.5. The van der Waals surface area contributed by atoms with Gasteiger partial charge in [-0.25, -0.2) is 4.98 Å². The van der Waals surface area contributed by atoms with Gasteiger partial charge in [-0.05, 0) is 51.7 Å². The molecule has 164 valence electrons. The molecule has 1 saturated heterocycles. The molecule has 1 fully saturated rings. The number of para-hydroxylation sites is 2. The van der Waals surface area contributed by atoms with Gasteiger partial charge in [0.2, 0.25) is 11.8 Å². The molecule has 1 aromatic heterocycles. The van der Waals surface area contributed by atoms with Gasteiger partial charge in [0, 0.05) is 18.7 Å². The average molecular weight is 415 g/mol. The molecular weight excluding hydrogens is 380 g/mol. The quantitative estimate of drug-likeness (QED) is 0.683. The van der Waals surface area contributed by atoms with E-state index in [4.69, 9.17) is 9.72 Å². The molecule has 7 nitrogen and oxygen atoms in total. The number of carbonyl (C=O) groups is 2. The van der Waals surface area contributed by atoms with Crippen molar-refractivity contribution in [1.29, 1.82) is 0 Å². The number of carbonyl (C=O) groups excluding carboxylic acids is 2. The van der Waals surface area contributed by atoms with Crippen molar-refractivity contribution in [3.05, 3.63) is 30.1 Å². The molecule has 1 aliphatic heterocycles. The van der Waals surface area contributed by atoms with Crippen molar-refractivity contribution in [3.63, 3.8) is 0 Å². The van der Waals surface area contributed by atoms with E-state index in [0.29, 0.717) is 12.4 Å². The lowest BCUT2D eigenvalue weighted by Crippen LogP contribution is -2.46. The number of imidazole rings is 1. The second-order valence-corrected chi connectivity index (χ2v) is 8.14. The van der Waals surface area contributed by atoms with Gasteiger partial charge in [-0.15, -0.1) is 0 Å². The Morgan fingerprint density at radius 2 is 1.93 bits per heavy atom. The van der Waals surface area contributed by atoms with Crippen LogP contribution in [0.1, 0.15) is 59.2 Å². The second kappa shape index (κ2) is 10.1. The standard InChI is InChI=1S/C23H34N4O3/c1-5-16(3)27(17(4)6-2)22(28)15-26-19-11-8-7-10-18(19)25-21(26)14-24-23(29)20-12-9-13-30-20/h7-8,10-11,16-17,20H,5-6,9,12-15H2,1-4H3,(H,24,29). The summed E-state index contributed by atoms with van der Waals surface area (Å²) in [6, 6.07) is 8.12. The summed E-state index contributed by atoms with van der Waals surface area (Å²) in [7, 11) is 0. The molecule has 3 rings (SSSR count). The summed E-state index contributed by atoms with van der Waals surface area (Å²) in [4.78, 5) is 32.4. The largest absolute Gasteiger partial charge is 0.368 e. The van der Waals surface area contributed by atoms with Crippen LogP contribution in [0.15, 0.2) is 24.3 Å². The maximum atomic E-state index is 13.3. The van der Waals surface area contributed by atoms with Crippen LogP contribution in [0.5, 0.6) is 0 Å². The van der Waals surface area contributed by atoms with Crippen molar-refractivity contribution in [2.24, 2.45) is 0 Å². The van der Waals surface area contributed by atoms with Crippen molar-refractivity contribution in [1.82, 2.24) is 19.8 Å². The highest BCUT2D eigenvalue weighted by Gasteiger charge is 2.26. The fourth-order valence-electron chi connectivity index (χ4n) is 4.04. The highest BCUT2D eigenvalue weighted by molar-refractivity contribution is 5.82. The van der Waals surface area contributed by atoms with Crippen LogP contribution in [0.25, 0.3) is 11.0 Å². The summed E-state index contributed by atoms with van der Waals surface area (Å²) in [6.07, 6.45) is 3.10. The molecule has 0 saturated carbocycles. The second-order valence-electron chi connectivity index (χ2n) is 8.14. The number of fused-ring (bicyclic) bond motifs is 1. The number of benzene rings is 1. The Morgan fingerprint density at radius 1 is 1.23 bits per heavy atom. The van der Waals surface area contributed by atoms with Gasteiger partial charge in [-0.3, -0.25) is 9.59 Å². The Balaban J connectivity index is 1.83. The summed E-state index contributed by atoms with van der Waals surface area (Å²) in [5, 5.41) is 2.94. The summed E-state index contributed by atoms with van der Waals surface area (Å²) >= 11 is 0. The summed E-state index contributed by atoms with van der Waals surface area (Å²) in [5.74, 6) is 0.649. The van der Waals surface area contributed by atoms with E-state index in [9.17, 15) is 9.59 Å². The lowest BCUT2D eigenvalue weighted by molar-refractivity contribution is -0.136. The van der Waals surface area contributed by atoms with Gasteiger partial charge in [-0.2, -0.15) is 0 Å². The predicted molar refractivity (Wildman–Crippen MR) is 117 cm³/mol. The van der Waals surface area contributed by atoms with E-state index < -0.39 is 0 Å². The van der Waals surface area contributed by atoms with Crippen LogP contribution in [0.4, 0.5) is 0 Å². The van der Waals surface area contributed by atoms with Gasteiger partial charge >= 0.3 is 0 Å². The summed E-state index contributed by atoms with van der Waals surface area (Å²) in [5.41, 5.74) is 1.73. The smallest absolute Gasteiger partial charge is 0.249 e. The number of amides is 2. The molecule has 1 N–H and O–H groups in total. The topological polar surface area (TPSA) is 76.5 Å². The van der Waals surface area contributed by atoms with E-state index >= 15 is 0 Å². The van der Waals surface area contributed by atoms with Crippen LogP contribution in [-0.4, -0.2) is 51.1 Å². The van der Waals surface area contributed by atoms with Gasteiger partial charge < -0.3 is 19.5 Å². The SMILES string of the molecule is CCC(C)N(C(=O)Cn1c(CNC(=O)C2CCCO2)nc2ccccc21)C(C)CC. The van der Waals surface area contributed by atoms with E-state index in [1.165, 1.54) is 0 Å². The fraction of sp³-hybridized carbons (Fsp3) is 0.609. The van der Waals surface area contributed by atoms with Crippen molar-refractivity contribution < 1.29 is 14.3 Å². The molecule has 30 heavy (non-hydrogen) atoms. The van der Waals surface area contributed by atoms with E-state index in [1.807, 2.05) is 33.7 Å². The minimum Gasteiger partial charge on any atom is -0.368 e. The third-order valence-corrected chi connectivity index (χ3v) is 6.09. The van der Waals surface area contributed by atoms with Gasteiger partial charge in [-0.1, -0.05) is 26.0 Å². The lowest BCUT2D eigenvalue weighted by Gasteiger charge is -2.34. The number of nitrogens with zero attached hydrogens (tertiary/aromatic N) is 3. The fourth-order valence-corrected chi connectivity index (χ4v) is 4.04. The Bertz CT molecular complexity index is 862. The normalized spacial score (nSPS) is 18.3. The van der Waals surface area contributed by atoms with Crippen LogP contribution in [0.3, 0.4) is 0 Å². The number of ether oxygens (including phenoxy) is 1. The molecule has 2 heterocycles. The molecule has 3 unspecified atom stereocenters. The molecule has 7 heteroatoms. The Morgan fingerprint density at radius 3 is 2.57 bits per heavy atom. The lowest BCUT2D eigenvalue weighted by atomic mass is 10.1. The van der Waals surface area contributed by atoms with E-state index in [1.54, 1.807) is 0 Å². The van der Waals surface area contributed by atoms with Crippen LogP contribution < -0.4 is 5.32 Å². The zero-order valence-corrected chi connectivity index (χ0v) is 18.6. The number of nitrogens with one attached hydrogen (secondary N) is 1. The zero-order valence-electron chi connectivity index (χ0n) is 18.6.